The Labute approximate surface area is 127 Å². The summed E-state index contributed by atoms with van der Waals surface area (Å²) in [6.45, 7) is 0.424. The quantitative estimate of drug-likeness (QED) is 0.903. The summed E-state index contributed by atoms with van der Waals surface area (Å²) in [4.78, 5) is 0.0553. The van der Waals surface area contributed by atoms with Crippen LogP contribution in [0.4, 0.5) is 5.69 Å². The second kappa shape index (κ2) is 6.01. The van der Waals surface area contributed by atoms with Gasteiger partial charge in [-0.05, 0) is 42.0 Å². The molecular formula is C13H12Cl2N2O2S. The minimum absolute atomic E-state index is 0.0553. The average Bonchev–Trinajstić information content (AvgIpc) is 2.39. The predicted octanol–water partition coefficient (Wildman–Crippen LogP) is 3.25. The van der Waals surface area contributed by atoms with Crippen molar-refractivity contribution in [3.05, 3.63) is 58.1 Å². The molecule has 0 unspecified atom stereocenters. The van der Waals surface area contributed by atoms with E-state index in [9.17, 15) is 8.42 Å². The van der Waals surface area contributed by atoms with Crippen molar-refractivity contribution < 1.29 is 8.42 Å². The fraction of sp³-hybridized carbons (Fsp3) is 0.0769. The van der Waals surface area contributed by atoms with Crippen molar-refractivity contribution in [2.45, 2.75) is 11.4 Å². The molecule has 0 bridgehead atoms. The van der Waals surface area contributed by atoms with Crippen LogP contribution < -0.4 is 10.5 Å². The topological polar surface area (TPSA) is 72.2 Å². The molecule has 7 heteroatoms. The lowest BCUT2D eigenvalue weighted by molar-refractivity contribution is 0.598. The Morgan fingerprint density at radius 3 is 2.55 bits per heavy atom. The minimum Gasteiger partial charge on any atom is -0.381 e. The number of halogens is 2. The maximum absolute atomic E-state index is 11.3. The Bertz CT molecular complexity index is 733. The zero-order valence-corrected chi connectivity index (χ0v) is 12.6. The van der Waals surface area contributed by atoms with Crippen LogP contribution >= 0.6 is 23.2 Å². The summed E-state index contributed by atoms with van der Waals surface area (Å²) in [5.41, 5.74) is 1.45. The highest BCUT2D eigenvalue weighted by atomic mass is 35.5. The van der Waals surface area contributed by atoms with Crippen molar-refractivity contribution >= 4 is 38.9 Å². The Hall–Kier alpha value is -1.27. The zero-order valence-electron chi connectivity index (χ0n) is 10.3. The Kier molecular flexibility index (Phi) is 4.55. The molecule has 4 nitrogen and oxygen atoms in total. The van der Waals surface area contributed by atoms with E-state index in [4.69, 9.17) is 28.3 Å². The van der Waals surface area contributed by atoms with Gasteiger partial charge in [-0.3, -0.25) is 0 Å². The van der Waals surface area contributed by atoms with E-state index in [1.54, 1.807) is 30.3 Å². The van der Waals surface area contributed by atoms with Gasteiger partial charge >= 0.3 is 0 Å². The summed E-state index contributed by atoms with van der Waals surface area (Å²) in [5.74, 6) is 0. The third kappa shape index (κ3) is 3.86. The van der Waals surface area contributed by atoms with Gasteiger partial charge in [0.05, 0.1) is 4.90 Å². The number of hydrogen-bond acceptors (Lipinski definition) is 3. The molecule has 2 rings (SSSR count). The first-order chi connectivity index (χ1) is 9.36. The highest BCUT2D eigenvalue weighted by molar-refractivity contribution is 7.89. The summed E-state index contributed by atoms with van der Waals surface area (Å²) < 4.78 is 22.5. The standard InChI is InChI=1S/C13H12Cl2N2O2S/c14-10-4-5-13(15)9(6-10)8-17-11-2-1-3-12(7-11)20(16,18)19/h1-7,17H,8H2,(H2,16,18,19). The lowest BCUT2D eigenvalue weighted by Gasteiger charge is -2.09. The monoisotopic (exact) mass is 330 g/mol. The minimum atomic E-state index is -3.71. The number of rotatable bonds is 4. The fourth-order valence-corrected chi connectivity index (χ4v) is 2.60. The highest BCUT2D eigenvalue weighted by Gasteiger charge is 2.08. The van der Waals surface area contributed by atoms with Gasteiger partial charge in [0, 0.05) is 22.3 Å². The van der Waals surface area contributed by atoms with Gasteiger partial charge in [0.25, 0.3) is 0 Å². The van der Waals surface area contributed by atoms with Gasteiger partial charge in [-0.2, -0.15) is 0 Å². The first kappa shape index (κ1) is 15.1. The fourth-order valence-electron chi connectivity index (χ4n) is 1.66. The second-order valence-electron chi connectivity index (χ2n) is 4.16. The molecule has 0 fully saturated rings. The molecule has 0 radical (unpaired) electrons. The number of nitrogens with two attached hydrogens (primary N) is 1. The molecule has 0 heterocycles. The predicted molar refractivity (Wildman–Crippen MR) is 81.6 cm³/mol. The van der Waals surface area contributed by atoms with Crippen LogP contribution in [-0.2, 0) is 16.6 Å². The molecule has 0 saturated heterocycles. The lowest BCUT2D eigenvalue weighted by Crippen LogP contribution is -2.12. The van der Waals surface area contributed by atoms with Crippen LogP contribution in [0.1, 0.15) is 5.56 Å². The van der Waals surface area contributed by atoms with Gasteiger partial charge in [0.1, 0.15) is 0 Å². The molecule has 0 aromatic heterocycles. The molecule has 2 aromatic rings. The number of nitrogens with one attached hydrogen (secondary N) is 1. The van der Waals surface area contributed by atoms with Crippen molar-refractivity contribution in [1.29, 1.82) is 0 Å². The molecule has 0 aliphatic carbocycles. The van der Waals surface area contributed by atoms with Crippen LogP contribution in [0.5, 0.6) is 0 Å². The van der Waals surface area contributed by atoms with Crippen LogP contribution in [0.3, 0.4) is 0 Å². The van der Waals surface area contributed by atoms with Crippen molar-refractivity contribution in [3.63, 3.8) is 0 Å². The van der Waals surface area contributed by atoms with Gasteiger partial charge in [0.15, 0.2) is 0 Å². The van der Waals surface area contributed by atoms with Gasteiger partial charge < -0.3 is 5.32 Å². The van der Waals surface area contributed by atoms with Crippen LogP contribution in [0.15, 0.2) is 47.4 Å². The summed E-state index contributed by atoms with van der Waals surface area (Å²) in [6.07, 6.45) is 0. The third-order valence-corrected chi connectivity index (χ3v) is 4.17. The molecule has 20 heavy (non-hydrogen) atoms. The Morgan fingerprint density at radius 2 is 1.85 bits per heavy atom. The highest BCUT2D eigenvalue weighted by Crippen LogP contribution is 2.22. The zero-order chi connectivity index (χ0) is 14.8. The van der Waals surface area contributed by atoms with Crippen molar-refractivity contribution in [3.8, 4) is 0 Å². The van der Waals surface area contributed by atoms with E-state index in [-0.39, 0.29) is 4.90 Å². The molecule has 106 valence electrons. The van der Waals surface area contributed by atoms with Crippen molar-refractivity contribution in [2.75, 3.05) is 5.32 Å². The molecule has 0 amide bonds. The Balaban J connectivity index is 2.17. The molecule has 2 aromatic carbocycles. The maximum Gasteiger partial charge on any atom is 0.238 e. The van der Waals surface area contributed by atoms with Gasteiger partial charge in [-0.1, -0.05) is 29.3 Å². The molecule has 0 spiro atoms. The third-order valence-electron chi connectivity index (χ3n) is 2.65. The largest absolute Gasteiger partial charge is 0.381 e. The van der Waals surface area contributed by atoms with Gasteiger partial charge in [-0.25, -0.2) is 13.6 Å². The summed E-state index contributed by atoms with van der Waals surface area (Å²) in [6, 6.07) is 11.4. The van der Waals surface area contributed by atoms with E-state index < -0.39 is 10.0 Å². The van der Waals surface area contributed by atoms with Crippen molar-refractivity contribution in [1.82, 2.24) is 0 Å². The van der Waals surface area contributed by atoms with E-state index in [1.807, 2.05) is 0 Å². The van der Waals surface area contributed by atoms with E-state index in [2.05, 4.69) is 5.32 Å². The molecule has 0 aliphatic rings. The van der Waals surface area contributed by atoms with E-state index in [0.29, 0.717) is 22.3 Å². The summed E-state index contributed by atoms with van der Waals surface area (Å²) in [7, 11) is -3.71. The van der Waals surface area contributed by atoms with Gasteiger partial charge in [0.2, 0.25) is 10.0 Å². The van der Waals surface area contributed by atoms with Crippen LogP contribution in [-0.4, -0.2) is 8.42 Å². The number of anilines is 1. The first-order valence-corrected chi connectivity index (χ1v) is 7.97. The molecule has 0 saturated carbocycles. The Morgan fingerprint density at radius 1 is 1.10 bits per heavy atom. The van der Waals surface area contributed by atoms with Crippen LogP contribution in [0, 0.1) is 0 Å². The normalized spacial score (nSPS) is 11.3. The SMILES string of the molecule is NS(=O)(=O)c1cccc(NCc2cc(Cl)ccc2Cl)c1. The molecule has 0 atom stereocenters. The van der Waals surface area contributed by atoms with E-state index >= 15 is 0 Å². The van der Waals surface area contributed by atoms with Crippen molar-refractivity contribution in [2.24, 2.45) is 5.14 Å². The molecular weight excluding hydrogens is 319 g/mol. The summed E-state index contributed by atoms with van der Waals surface area (Å²) >= 11 is 12.0. The molecule has 0 aliphatic heterocycles. The summed E-state index contributed by atoms with van der Waals surface area (Å²) in [5, 5.41) is 9.34. The smallest absolute Gasteiger partial charge is 0.238 e. The average molecular weight is 331 g/mol. The van der Waals surface area contributed by atoms with E-state index in [1.165, 1.54) is 12.1 Å². The lowest BCUT2D eigenvalue weighted by atomic mass is 10.2. The van der Waals surface area contributed by atoms with E-state index in [0.717, 1.165) is 5.56 Å². The van der Waals surface area contributed by atoms with Crippen LogP contribution in [0.25, 0.3) is 0 Å². The number of sulfonamides is 1. The van der Waals surface area contributed by atoms with Crippen LogP contribution in [0.2, 0.25) is 10.0 Å². The maximum atomic E-state index is 11.3. The number of benzene rings is 2. The second-order valence-corrected chi connectivity index (χ2v) is 6.57. The van der Waals surface area contributed by atoms with Gasteiger partial charge in [-0.15, -0.1) is 0 Å². The number of primary sulfonamides is 1. The number of hydrogen-bond donors (Lipinski definition) is 2. The first-order valence-electron chi connectivity index (χ1n) is 5.67. The molecule has 3 N–H and O–H groups in total.